The van der Waals surface area contributed by atoms with Crippen LogP contribution < -0.4 is 0 Å². The van der Waals surface area contributed by atoms with Crippen molar-refractivity contribution in [2.45, 2.75) is 90.9 Å². The fourth-order valence-electron chi connectivity index (χ4n) is 7.72. The molecule has 0 nitrogen and oxygen atoms in total. The first-order valence-corrected chi connectivity index (χ1v) is 10.8. The highest BCUT2D eigenvalue weighted by Crippen LogP contribution is 2.57. The highest BCUT2D eigenvalue weighted by molar-refractivity contribution is 4.98. The molecule has 4 rings (SSSR count). The molecule has 4 saturated carbocycles. The van der Waals surface area contributed by atoms with E-state index in [1.165, 1.54) is 12.8 Å². The van der Waals surface area contributed by atoms with Crippen LogP contribution >= 0.6 is 0 Å². The van der Waals surface area contributed by atoms with Gasteiger partial charge < -0.3 is 0 Å². The number of rotatable bonds is 1. The predicted octanol–water partition coefficient (Wildman–Crippen LogP) is 6.69. The van der Waals surface area contributed by atoms with Gasteiger partial charge in [-0.15, -0.1) is 0 Å². The first-order valence-electron chi connectivity index (χ1n) is 10.8. The standard InChI is InChI=1S/C22H38/c1-15-11-13-17-7-3-5-9-19(17)21(15)22-16(2)12-14-18-8-4-6-10-20(18)22/h15-22H,3-14H2,1-2H3. The Morgan fingerprint density at radius 3 is 1.32 bits per heavy atom. The lowest BCUT2D eigenvalue weighted by Crippen LogP contribution is -2.48. The van der Waals surface area contributed by atoms with Crippen molar-refractivity contribution in [2.75, 3.05) is 0 Å². The van der Waals surface area contributed by atoms with E-state index in [0.717, 1.165) is 47.3 Å². The van der Waals surface area contributed by atoms with Crippen molar-refractivity contribution in [2.24, 2.45) is 47.3 Å². The Balaban J connectivity index is 1.61. The van der Waals surface area contributed by atoms with E-state index in [0.29, 0.717) is 0 Å². The molecule has 22 heavy (non-hydrogen) atoms. The minimum absolute atomic E-state index is 1.02. The van der Waals surface area contributed by atoms with Gasteiger partial charge in [-0.3, -0.25) is 0 Å². The van der Waals surface area contributed by atoms with Gasteiger partial charge in [0, 0.05) is 0 Å². The summed E-state index contributed by atoms with van der Waals surface area (Å²) in [5.74, 6) is 8.70. The van der Waals surface area contributed by atoms with E-state index in [9.17, 15) is 0 Å². The van der Waals surface area contributed by atoms with E-state index in [4.69, 9.17) is 0 Å². The molecule has 0 heteroatoms. The van der Waals surface area contributed by atoms with E-state index in [2.05, 4.69) is 13.8 Å². The maximum Gasteiger partial charge on any atom is -0.0324 e. The van der Waals surface area contributed by atoms with Crippen LogP contribution in [0.2, 0.25) is 0 Å². The van der Waals surface area contributed by atoms with E-state index < -0.39 is 0 Å². The Bertz CT molecular complexity index is 336. The van der Waals surface area contributed by atoms with E-state index in [1.54, 1.807) is 64.2 Å². The third-order valence-electron chi connectivity index (χ3n) is 8.67. The maximum atomic E-state index is 2.63. The van der Waals surface area contributed by atoms with Gasteiger partial charge in [-0.2, -0.15) is 0 Å². The van der Waals surface area contributed by atoms with Gasteiger partial charge in [0.25, 0.3) is 0 Å². The minimum Gasteiger partial charge on any atom is -0.0622 e. The molecule has 0 aromatic carbocycles. The van der Waals surface area contributed by atoms with E-state index >= 15 is 0 Å². The lowest BCUT2D eigenvalue weighted by Gasteiger charge is -2.55. The molecule has 126 valence electrons. The van der Waals surface area contributed by atoms with Gasteiger partial charge in [-0.25, -0.2) is 0 Å². The molecule has 0 aromatic rings. The van der Waals surface area contributed by atoms with Crippen molar-refractivity contribution in [1.29, 1.82) is 0 Å². The summed E-state index contributed by atoms with van der Waals surface area (Å²) in [4.78, 5) is 0. The van der Waals surface area contributed by atoms with Gasteiger partial charge in [-0.1, -0.05) is 65.2 Å². The number of hydrogen-bond donors (Lipinski definition) is 0. The van der Waals surface area contributed by atoms with E-state index in [-0.39, 0.29) is 0 Å². The second-order valence-electron chi connectivity index (χ2n) is 9.68. The van der Waals surface area contributed by atoms with Crippen LogP contribution in [-0.4, -0.2) is 0 Å². The summed E-state index contributed by atoms with van der Waals surface area (Å²) in [7, 11) is 0. The summed E-state index contributed by atoms with van der Waals surface area (Å²) in [5.41, 5.74) is 0. The van der Waals surface area contributed by atoms with Crippen molar-refractivity contribution < 1.29 is 0 Å². The van der Waals surface area contributed by atoms with Crippen molar-refractivity contribution in [3.63, 3.8) is 0 Å². The first kappa shape index (κ1) is 15.5. The van der Waals surface area contributed by atoms with Crippen LogP contribution in [0.15, 0.2) is 0 Å². The van der Waals surface area contributed by atoms with Crippen LogP contribution in [0, 0.1) is 47.3 Å². The molecular formula is C22H38. The van der Waals surface area contributed by atoms with Crippen molar-refractivity contribution >= 4 is 0 Å². The van der Waals surface area contributed by atoms with Crippen LogP contribution in [0.3, 0.4) is 0 Å². The van der Waals surface area contributed by atoms with Crippen LogP contribution in [0.1, 0.15) is 90.9 Å². The zero-order valence-electron chi connectivity index (χ0n) is 15.1. The average Bonchev–Trinajstić information content (AvgIpc) is 2.56. The normalized spacial score (nSPS) is 52.6. The molecule has 8 unspecified atom stereocenters. The SMILES string of the molecule is CC1CCC2CCCCC2C1C1C(C)CCC2CCCCC21. The predicted molar refractivity (Wildman–Crippen MR) is 94.7 cm³/mol. The monoisotopic (exact) mass is 302 g/mol. The minimum atomic E-state index is 1.02. The van der Waals surface area contributed by atoms with Gasteiger partial charge in [-0.05, 0) is 73.0 Å². The Morgan fingerprint density at radius 1 is 0.455 bits per heavy atom. The third-order valence-corrected chi connectivity index (χ3v) is 8.67. The average molecular weight is 303 g/mol. The van der Waals surface area contributed by atoms with Crippen LogP contribution in [-0.2, 0) is 0 Å². The second-order valence-corrected chi connectivity index (χ2v) is 9.68. The summed E-state index contributed by atoms with van der Waals surface area (Å²) in [6.45, 7) is 5.27. The molecule has 0 aliphatic heterocycles. The molecule has 0 amide bonds. The molecule has 0 radical (unpaired) electrons. The highest BCUT2D eigenvalue weighted by atomic mass is 14.5. The highest BCUT2D eigenvalue weighted by Gasteiger charge is 2.49. The zero-order chi connectivity index (χ0) is 15.1. The summed E-state index contributed by atoms with van der Waals surface area (Å²) in [5, 5.41) is 0. The maximum absolute atomic E-state index is 2.63. The third kappa shape index (κ3) is 2.67. The Hall–Kier alpha value is 0. The molecule has 0 saturated heterocycles. The molecular weight excluding hydrogens is 264 g/mol. The van der Waals surface area contributed by atoms with Crippen molar-refractivity contribution in [3.8, 4) is 0 Å². The largest absolute Gasteiger partial charge is 0.0622 e. The second kappa shape index (κ2) is 6.48. The molecule has 4 aliphatic carbocycles. The fraction of sp³-hybridized carbons (Fsp3) is 1.00. The van der Waals surface area contributed by atoms with Crippen molar-refractivity contribution in [3.05, 3.63) is 0 Å². The lowest BCUT2D eigenvalue weighted by molar-refractivity contribution is -0.0603. The molecule has 4 aliphatic rings. The summed E-state index contributed by atoms with van der Waals surface area (Å²) >= 11 is 0. The zero-order valence-corrected chi connectivity index (χ0v) is 15.1. The van der Waals surface area contributed by atoms with Gasteiger partial charge in [0.15, 0.2) is 0 Å². The molecule has 4 fully saturated rings. The van der Waals surface area contributed by atoms with Gasteiger partial charge in [0.1, 0.15) is 0 Å². The lowest BCUT2D eigenvalue weighted by atomic mass is 9.50. The molecule has 0 spiro atoms. The summed E-state index contributed by atoms with van der Waals surface area (Å²) < 4.78 is 0. The molecule has 0 N–H and O–H groups in total. The first-order chi connectivity index (χ1) is 10.8. The molecule has 0 bridgehead atoms. The van der Waals surface area contributed by atoms with Gasteiger partial charge in [0.2, 0.25) is 0 Å². The Kier molecular flexibility index (Phi) is 4.57. The van der Waals surface area contributed by atoms with Gasteiger partial charge >= 0.3 is 0 Å². The van der Waals surface area contributed by atoms with Crippen LogP contribution in [0.5, 0.6) is 0 Å². The van der Waals surface area contributed by atoms with Gasteiger partial charge in [0.05, 0.1) is 0 Å². The van der Waals surface area contributed by atoms with Crippen LogP contribution in [0.4, 0.5) is 0 Å². The molecule has 8 atom stereocenters. The van der Waals surface area contributed by atoms with E-state index in [1.807, 2.05) is 0 Å². The fourth-order valence-corrected chi connectivity index (χ4v) is 7.72. The Morgan fingerprint density at radius 2 is 0.864 bits per heavy atom. The smallest absolute Gasteiger partial charge is 0.0324 e. The van der Waals surface area contributed by atoms with Crippen molar-refractivity contribution in [1.82, 2.24) is 0 Å². The topological polar surface area (TPSA) is 0 Å². The Labute approximate surface area is 138 Å². The molecule has 0 heterocycles. The number of fused-ring (bicyclic) bond motifs is 2. The molecule has 0 aromatic heterocycles. The quantitative estimate of drug-likeness (QED) is 0.506. The van der Waals surface area contributed by atoms with Crippen LogP contribution in [0.25, 0.3) is 0 Å². The number of hydrogen-bond acceptors (Lipinski definition) is 0. The summed E-state index contributed by atoms with van der Waals surface area (Å²) in [6, 6.07) is 0. The summed E-state index contributed by atoms with van der Waals surface area (Å²) in [6.07, 6.45) is 18.7.